The van der Waals surface area contributed by atoms with Crippen LogP contribution in [0.15, 0.2) is 48.5 Å². The molecule has 0 radical (unpaired) electrons. The summed E-state index contributed by atoms with van der Waals surface area (Å²) in [7, 11) is 1.44. The Hall–Kier alpha value is -3.35. The molecule has 7 heteroatoms. The fourth-order valence-electron chi connectivity index (χ4n) is 2.52. The van der Waals surface area contributed by atoms with E-state index in [1.54, 1.807) is 12.1 Å². The lowest BCUT2D eigenvalue weighted by atomic mass is 10.1. The number of hydrogen-bond donors (Lipinski definition) is 0. The van der Waals surface area contributed by atoms with Crippen LogP contribution in [0.5, 0.6) is 11.5 Å². The van der Waals surface area contributed by atoms with Gasteiger partial charge < -0.3 is 19.1 Å². The number of Topliss-reactive ketones (excluding diaryl/α,β-unsaturated/α-hetero) is 1. The molecule has 7 nitrogen and oxygen atoms in total. The third-order valence-corrected chi connectivity index (χ3v) is 3.96. The number of ether oxygens (including phenoxy) is 3. The first-order chi connectivity index (χ1) is 13.5. The Labute approximate surface area is 163 Å². The van der Waals surface area contributed by atoms with E-state index < -0.39 is 5.97 Å². The summed E-state index contributed by atoms with van der Waals surface area (Å²) in [6.07, 6.45) is 0. The third kappa shape index (κ3) is 5.57. The molecule has 28 heavy (non-hydrogen) atoms. The van der Waals surface area contributed by atoms with Gasteiger partial charge in [-0.05, 0) is 44.2 Å². The highest BCUT2D eigenvalue weighted by Crippen LogP contribution is 2.28. The highest BCUT2D eigenvalue weighted by Gasteiger charge is 2.17. The molecule has 0 saturated carbocycles. The van der Waals surface area contributed by atoms with E-state index in [0.29, 0.717) is 23.6 Å². The van der Waals surface area contributed by atoms with Gasteiger partial charge in [-0.3, -0.25) is 9.59 Å². The summed E-state index contributed by atoms with van der Waals surface area (Å²) >= 11 is 0. The fourth-order valence-corrected chi connectivity index (χ4v) is 2.52. The summed E-state index contributed by atoms with van der Waals surface area (Å²) in [5, 5.41) is 0. The number of carbonyl (C=O) groups is 3. The maximum atomic E-state index is 12.3. The van der Waals surface area contributed by atoms with Crippen LogP contribution < -0.4 is 14.4 Å². The lowest BCUT2D eigenvalue weighted by molar-refractivity contribution is -0.149. The van der Waals surface area contributed by atoms with Gasteiger partial charge in [-0.1, -0.05) is 18.2 Å². The Morgan fingerprint density at radius 3 is 2.29 bits per heavy atom. The number of benzene rings is 2. The molecule has 148 valence electrons. The topological polar surface area (TPSA) is 82.1 Å². The normalized spacial score (nSPS) is 10.1. The van der Waals surface area contributed by atoms with Crippen LogP contribution in [0, 0.1) is 0 Å². The fraction of sp³-hybridized carbons (Fsp3) is 0.286. The molecule has 0 aromatic heterocycles. The number of ketones is 1. The number of para-hydroxylation sites is 1. The molecule has 0 fully saturated rings. The van der Waals surface area contributed by atoms with Gasteiger partial charge >= 0.3 is 5.97 Å². The lowest BCUT2D eigenvalue weighted by Crippen LogP contribution is -2.35. The second-order valence-corrected chi connectivity index (χ2v) is 5.84. The van der Waals surface area contributed by atoms with Crippen LogP contribution in [-0.2, 0) is 14.3 Å². The molecule has 2 aromatic rings. The first-order valence-corrected chi connectivity index (χ1v) is 8.79. The minimum absolute atomic E-state index is 0.110. The molecular formula is C21H23NO6. The zero-order chi connectivity index (χ0) is 20.5. The number of nitrogens with zero attached hydrogens (tertiary/aromatic N) is 1. The molecular weight excluding hydrogens is 362 g/mol. The predicted octanol–water partition coefficient (Wildman–Crippen LogP) is 2.87. The van der Waals surface area contributed by atoms with Crippen LogP contribution >= 0.6 is 0 Å². The number of rotatable bonds is 9. The first-order valence-electron chi connectivity index (χ1n) is 8.79. The molecule has 0 aliphatic carbocycles. The van der Waals surface area contributed by atoms with Gasteiger partial charge in [-0.2, -0.15) is 0 Å². The number of carbonyl (C=O) groups excluding carboxylic acids is 3. The van der Waals surface area contributed by atoms with Crippen molar-refractivity contribution in [2.24, 2.45) is 0 Å². The van der Waals surface area contributed by atoms with Crippen molar-refractivity contribution in [2.75, 3.05) is 31.8 Å². The SMILES string of the molecule is CCN(C(=O)COC(=O)COc1ccc(C(C)=O)cc1OC)c1ccccc1. The van der Waals surface area contributed by atoms with Gasteiger partial charge in [0.1, 0.15) is 0 Å². The van der Waals surface area contributed by atoms with Crippen molar-refractivity contribution < 1.29 is 28.6 Å². The van der Waals surface area contributed by atoms with E-state index in [9.17, 15) is 14.4 Å². The van der Waals surface area contributed by atoms with Crippen molar-refractivity contribution in [1.29, 1.82) is 0 Å². The monoisotopic (exact) mass is 385 g/mol. The molecule has 2 rings (SSSR count). The highest BCUT2D eigenvalue weighted by atomic mass is 16.6. The quantitative estimate of drug-likeness (QED) is 0.488. The average Bonchev–Trinajstić information content (AvgIpc) is 2.71. The molecule has 2 aromatic carbocycles. The van der Waals surface area contributed by atoms with E-state index in [1.165, 1.54) is 25.0 Å². The van der Waals surface area contributed by atoms with E-state index >= 15 is 0 Å². The molecule has 0 bridgehead atoms. The number of hydrogen-bond acceptors (Lipinski definition) is 6. The molecule has 0 N–H and O–H groups in total. The minimum atomic E-state index is -0.685. The molecule has 0 aliphatic rings. The molecule has 0 unspecified atom stereocenters. The molecule has 0 aliphatic heterocycles. The van der Waals surface area contributed by atoms with Crippen molar-refractivity contribution in [3.8, 4) is 11.5 Å². The van der Waals surface area contributed by atoms with Gasteiger partial charge in [0, 0.05) is 17.8 Å². The van der Waals surface area contributed by atoms with Gasteiger partial charge in [0.25, 0.3) is 5.91 Å². The van der Waals surface area contributed by atoms with Crippen molar-refractivity contribution in [3.05, 3.63) is 54.1 Å². The average molecular weight is 385 g/mol. The number of methoxy groups -OCH3 is 1. The highest BCUT2D eigenvalue weighted by molar-refractivity contribution is 5.95. The second kappa shape index (κ2) is 10.1. The predicted molar refractivity (Wildman–Crippen MR) is 104 cm³/mol. The van der Waals surface area contributed by atoms with E-state index in [0.717, 1.165) is 5.69 Å². The van der Waals surface area contributed by atoms with Crippen molar-refractivity contribution in [2.45, 2.75) is 13.8 Å². The summed E-state index contributed by atoms with van der Waals surface area (Å²) in [6, 6.07) is 13.8. The van der Waals surface area contributed by atoms with E-state index in [-0.39, 0.29) is 24.9 Å². The first kappa shape index (κ1) is 21.0. The van der Waals surface area contributed by atoms with Crippen LogP contribution in [0.2, 0.25) is 0 Å². The smallest absolute Gasteiger partial charge is 0.344 e. The van der Waals surface area contributed by atoms with Crippen LogP contribution in [0.1, 0.15) is 24.2 Å². The Morgan fingerprint density at radius 2 is 1.68 bits per heavy atom. The van der Waals surface area contributed by atoms with Crippen LogP contribution in [0.25, 0.3) is 0 Å². The van der Waals surface area contributed by atoms with E-state index in [1.807, 2.05) is 37.3 Å². The maximum absolute atomic E-state index is 12.3. The van der Waals surface area contributed by atoms with Gasteiger partial charge in [0.15, 0.2) is 30.5 Å². The van der Waals surface area contributed by atoms with Crippen LogP contribution in [-0.4, -0.2) is 44.5 Å². The molecule has 0 spiro atoms. The number of anilines is 1. The Kier molecular flexibility index (Phi) is 7.56. The maximum Gasteiger partial charge on any atom is 0.344 e. The minimum Gasteiger partial charge on any atom is -0.493 e. The lowest BCUT2D eigenvalue weighted by Gasteiger charge is -2.20. The standard InChI is InChI=1S/C21H23NO6/c1-4-22(17-8-6-5-7-9-17)20(24)13-28-21(25)14-27-18-11-10-16(15(2)23)12-19(18)26-3/h5-12H,4,13-14H2,1-3H3. The second-order valence-electron chi connectivity index (χ2n) is 5.84. The molecule has 0 saturated heterocycles. The van der Waals surface area contributed by atoms with Crippen molar-refractivity contribution in [1.82, 2.24) is 0 Å². The van der Waals surface area contributed by atoms with Gasteiger partial charge in [-0.25, -0.2) is 4.79 Å². The summed E-state index contributed by atoms with van der Waals surface area (Å²) in [6.45, 7) is 2.97. The summed E-state index contributed by atoms with van der Waals surface area (Å²) < 4.78 is 15.6. The Bertz CT molecular complexity index is 834. The molecule has 0 heterocycles. The molecule has 0 atom stereocenters. The summed E-state index contributed by atoms with van der Waals surface area (Å²) in [5.74, 6) is -0.490. The van der Waals surface area contributed by atoms with Gasteiger partial charge in [0.05, 0.1) is 7.11 Å². The summed E-state index contributed by atoms with van der Waals surface area (Å²) in [4.78, 5) is 37.2. The number of esters is 1. The third-order valence-electron chi connectivity index (χ3n) is 3.96. The molecule has 1 amide bonds. The number of likely N-dealkylation sites (N-methyl/N-ethyl adjacent to an activating group) is 1. The van der Waals surface area contributed by atoms with Crippen molar-refractivity contribution in [3.63, 3.8) is 0 Å². The van der Waals surface area contributed by atoms with Gasteiger partial charge in [-0.15, -0.1) is 0 Å². The zero-order valence-corrected chi connectivity index (χ0v) is 16.1. The largest absolute Gasteiger partial charge is 0.493 e. The van der Waals surface area contributed by atoms with Crippen LogP contribution in [0.3, 0.4) is 0 Å². The number of amides is 1. The zero-order valence-electron chi connectivity index (χ0n) is 16.1. The van der Waals surface area contributed by atoms with Gasteiger partial charge in [0.2, 0.25) is 0 Å². The Morgan fingerprint density at radius 1 is 0.964 bits per heavy atom. The Balaban J connectivity index is 1.89. The van der Waals surface area contributed by atoms with E-state index in [2.05, 4.69) is 0 Å². The van der Waals surface area contributed by atoms with E-state index in [4.69, 9.17) is 14.2 Å². The van der Waals surface area contributed by atoms with Crippen LogP contribution in [0.4, 0.5) is 5.69 Å². The summed E-state index contributed by atoms with van der Waals surface area (Å²) in [5.41, 5.74) is 1.20. The van der Waals surface area contributed by atoms with Crippen molar-refractivity contribution >= 4 is 23.3 Å².